The molecule has 0 spiro atoms. The van der Waals surface area contributed by atoms with Gasteiger partial charge in [0.05, 0.1) is 0 Å². The van der Waals surface area contributed by atoms with Gasteiger partial charge < -0.3 is 24.8 Å². The Bertz CT molecular complexity index is 1790. The number of allylic oxidation sites excluding steroid dienone is 4. The summed E-state index contributed by atoms with van der Waals surface area (Å²) in [6.07, 6.45) is -2.46. The van der Waals surface area contributed by atoms with Gasteiger partial charge >= 0.3 is 281 Å². The van der Waals surface area contributed by atoms with Crippen molar-refractivity contribution in [3.63, 3.8) is 0 Å². The molecule has 9 heteroatoms. The zero-order chi connectivity index (χ0) is 33.7. The number of benzene rings is 4. The van der Waals surface area contributed by atoms with E-state index in [-0.39, 0.29) is 39.8 Å². The van der Waals surface area contributed by atoms with Crippen LogP contribution in [-0.2, 0) is 33.6 Å². The molecule has 0 saturated heterocycles. The fraction of sp³-hybridized carbons (Fsp3) is 0.275. The normalized spacial score (nSPS) is 15.6. The summed E-state index contributed by atoms with van der Waals surface area (Å²) in [5.74, 6) is 0.141. The number of alkyl halides is 6. The molecule has 0 fully saturated rings. The molecule has 4 aromatic carbocycles. The van der Waals surface area contributed by atoms with Crippen molar-refractivity contribution in [3.8, 4) is 11.1 Å². The SMILES string of the molecule is CCCC1C=C(C(C)(C)C)C=[C]1[Zr+2](=[C](c1ccc(C(F)(F)F)cc1)c1ccc(C(F)(F)F)cc1)[CH]1c2ccccc2-c2ccccc21.[Cl-].[Cl-]. The maximum Gasteiger partial charge on any atom is -1.00 e. The minimum absolute atomic E-state index is 0. The Kier molecular flexibility index (Phi) is 11.8. The van der Waals surface area contributed by atoms with Gasteiger partial charge in [0.1, 0.15) is 0 Å². The molecular weight excluding hydrogens is 757 g/mol. The quantitative estimate of drug-likeness (QED) is 0.211. The molecule has 0 saturated carbocycles. The van der Waals surface area contributed by atoms with Crippen LogP contribution in [0.25, 0.3) is 11.1 Å². The second-order valence-corrected chi connectivity index (χ2v) is 19.5. The van der Waals surface area contributed by atoms with Crippen molar-refractivity contribution in [2.75, 3.05) is 0 Å². The van der Waals surface area contributed by atoms with Crippen molar-refractivity contribution in [2.45, 2.75) is 56.5 Å². The molecule has 1 unspecified atom stereocenters. The van der Waals surface area contributed by atoms with Crippen LogP contribution < -0.4 is 24.8 Å². The first kappa shape index (κ1) is 39.1. The van der Waals surface area contributed by atoms with Crippen LogP contribution in [0.4, 0.5) is 26.3 Å². The maximum absolute atomic E-state index is 13.8. The first-order valence-electron chi connectivity index (χ1n) is 15.9. The Morgan fingerprint density at radius 2 is 1.06 bits per heavy atom. The van der Waals surface area contributed by atoms with E-state index < -0.39 is 44.7 Å². The third kappa shape index (κ3) is 7.80. The molecule has 0 radical (unpaired) electrons. The molecule has 256 valence electrons. The topological polar surface area (TPSA) is 0 Å². The van der Waals surface area contributed by atoms with E-state index in [2.05, 4.69) is 64.1 Å². The van der Waals surface area contributed by atoms with Gasteiger partial charge in [0.2, 0.25) is 0 Å². The molecule has 1 atom stereocenters. The standard InChI is InChI=1S/C15H8F6.C13H9.C12H19.2ClH.Zr/c16-14(17,18)12-5-1-10(2-6-12)9-11-3-7-13(8-4-11)15(19,20)21;1-3-7-12-10(5-1)9-11-6-2-4-8-13(11)12;1-5-6-10-7-8-11(9-10)12(2,3)4;;;/h1-8H;1-9H;8-10H,5-6H2,1-4H3;2*1H;/q;;;;;+2/p-2. The minimum Gasteiger partial charge on any atom is -1.00 e. The molecule has 0 aromatic heterocycles. The fourth-order valence-corrected chi connectivity index (χ4v) is 16.6. The molecular formula is C40H36Cl2F6Zr. The first-order chi connectivity index (χ1) is 22.2. The Morgan fingerprint density at radius 3 is 1.45 bits per heavy atom. The van der Waals surface area contributed by atoms with Crippen LogP contribution in [0, 0.1) is 11.3 Å². The molecule has 4 aromatic rings. The summed E-state index contributed by atoms with van der Waals surface area (Å²) >= 11 is -3.43. The largest absolute Gasteiger partial charge is 1.00 e. The summed E-state index contributed by atoms with van der Waals surface area (Å²) < 4.78 is 84.7. The van der Waals surface area contributed by atoms with E-state index in [1.54, 1.807) is 0 Å². The fourth-order valence-electron chi connectivity index (χ4n) is 6.97. The number of hydrogen-bond acceptors (Lipinski definition) is 0. The van der Waals surface area contributed by atoms with E-state index >= 15 is 0 Å². The van der Waals surface area contributed by atoms with Gasteiger partial charge in [-0.3, -0.25) is 0 Å². The van der Waals surface area contributed by atoms with Crippen molar-refractivity contribution in [1.29, 1.82) is 0 Å². The van der Waals surface area contributed by atoms with Crippen molar-refractivity contribution < 1.29 is 72.4 Å². The van der Waals surface area contributed by atoms with Crippen LogP contribution in [0.3, 0.4) is 0 Å². The molecule has 0 nitrogen and oxygen atoms in total. The van der Waals surface area contributed by atoms with Crippen molar-refractivity contribution in [2.24, 2.45) is 11.3 Å². The summed E-state index contributed by atoms with van der Waals surface area (Å²) in [7, 11) is 0. The smallest absolute Gasteiger partial charge is 1.00 e. The van der Waals surface area contributed by atoms with E-state index in [1.807, 2.05) is 24.3 Å². The van der Waals surface area contributed by atoms with Crippen LogP contribution in [0.1, 0.15) is 77.5 Å². The van der Waals surface area contributed by atoms with Gasteiger partial charge in [-0.05, 0) is 0 Å². The molecule has 6 rings (SSSR count). The second-order valence-electron chi connectivity index (χ2n) is 13.4. The number of halogens is 8. The van der Waals surface area contributed by atoms with Gasteiger partial charge in [-0.2, -0.15) is 0 Å². The van der Waals surface area contributed by atoms with Gasteiger partial charge in [0, 0.05) is 0 Å². The summed E-state index contributed by atoms with van der Waals surface area (Å²) in [6.45, 7) is 8.70. The average molecular weight is 793 g/mol. The third-order valence-corrected chi connectivity index (χ3v) is 17.7. The molecule has 0 bridgehead atoms. The monoisotopic (exact) mass is 790 g/mol. The minimum atomic E-state index is -4.51. The molecule has 49 heavy (non-hydrogen) atoms. The Labute approximate surface area is 304 Å². The molecule has 0 aliphatic heterocycles. The first-order valence-corrected chi connectivity index (χ1v) is 19.8. The molecule has 2 aliphatic rings. The van der Waals surface area contributed by atoms with E-state index in [9.17, 15) is 26.3 Å². The van der Waals surface area contributed by atoms with E-state index in [0.29, 0.717) is 11.1 Å². The maximum atomic E-state index is 13.8. The summed E-state index contributed by atoms with van der Waals surface area (Å²) in [4.78, 5) is 0. The Balaban J connectivity index is 0.00000270. The zero-order valence-electron chi connectivity index (χ0n) is 27.5. The second kappa shape index (κ2) is 14.9. The van der Waals surface area contributed by atoms with Crippen LogP contribution >= 0.6 is 0 Å². The summed E-state index contributed by atoms with van der Waals surface area (Å²) in [5, 5.41) is 0. The molecule has 0 N–H and O–H groups in total. The van der Waals surface area contributed by atoms with E-state index in [1.165, 1.54) is 44.2 Å². The van der Waals surface area contributed by atoms with Crippen LogP contribution in [0.15, 0.2) is 118 Å². The number of fused-ring (bicyclic) bond motifs is 3. The molecule has 0 heterocycles. The molecule has 2 aliphatic carbocycles. The Morgan fingerprint density at radius 1 is 0.633 bits per heavy atom. The van der Waals surface area contributed by atoms with Crippen LogP contribution in [0.5, 0.6) is 0 Å². The van der Waals surface area contributed by atoms with Gasteiger partial charge in [0.25, 0.3) is 0 Å². The van der Waals surface area contributed by atoms with Crippen molar-refractivity contribution in [1.82, 2.24) is 0 Å². The van der Waals surface area contributed by atoms with E-state index in [4.69, 9.17) is 0 Å². The van der Waals surface area contributed by atoms with Gasteiger partial charge in [0.15, 0.2) is 0 Å². The Hall–Kier alpha value is -2.73. The van der Waals surface area contributed by atoms with Gasteiger partial charge in [-0.15, -0.1) is 0 Å². The predicted octanol–water partition coefficient (Wildman–Crippen LogP) is 5.98. The van der Waals surface area contributed by atoms with Crippen LogP contribution in [-0.4, -0.2) is 3.21 Å². The number of hydrogen-bond donors (Lipinski definition) is 0. The van der Waals surface area contributed by atoms with Crippen molar-refractivity contribution in [3.05, 3.63) is 151 Å². The summed E-state index contributed by atoms with van der Waals surface area (Å²) in [5.41, 5.74) is 5.49. The molecule has 0 amide bonds. The van der Waals surface area contributed by atoms with Crippen molar-refractivity contribution >= 4 is 3.21 Å². The van der Waals surface area contributed by atoms with Gasteiger partial charge in [-0.25, -0.2) is 0 Å². The predicted molar refractivity (Wildman–Crippen MR) is 174 cm³/mol. The van der Waals surface area contributed by atoms with E-state index in [0.717, 1.165) is 51.4 Å². The summed E-state index contributed by atoms with van der Waals surface area (Å²) in [6, 6.07) is 27.1. The average Bonchev–Trinajstić information content (AvgIpc) is 3.59. The number of rotatable bonds is 6. The van der Waals surface area contributed by atoms with Crippen LogP contribution in [0.2, 0.25) is 0 Å². The third-order valence-electron chi connectivity index (χ3n) is 9.26. The van der Waals surface area contributed by atoms with Gasteiger partial charge in [-0.1, -0.05) is 0 Å². The zero-order valence-corrected chi connectivity index (χ0v) is 31.5.